The molecule has 3 rings (SSSR count). The van der Waals surface area contributed by atoms with Crippen LogP contribution in [-0.2, 0) is 4.74 Å². The van der Waals surface area contributed by atoms with Gasteiger partial charge < -0.3 is 14.8 Å². The molecule has 1 atom stereocenters. The summed E-state index contributed by atoms with van der Waals surface area (Å²) >= 11 is 0. The molecule has 2 saturated heterocycles. The molecule has 0 saturated carbocycles. The highest BCUT2D eigenvalue weighted by Crippen LogP contribution is 2.31. The summed E-state index contributed by atoms with van der Waals surface area (Å²) in [5, 5.41) is 3.53. The first-order chi connectivity index (χ1) is 10.4. The van der Waals surface area contributed by atoms with Crippen molar-refractivity contribution in [2.24, 2.45) is 5.92 Å². The Morgan fingerprint density at radius 1 is 1.29 bits per heavy atom. The fraction of sp³-hybridized carbons (Fsp3) is 0.647. The summed E-state index contributed by atoms with van der Waals surface area (Å²) in [6, 6.07) is 8.84. The molecule has 4 nitrogen and oxygen atoms in total. The van der Waals surface area contributed by atoms with Gasteiger partial charge in [0, 0.05) is 45.0 Å². The molecular weight excluding hydrogens is 264 g/mol. The van der Waals surface area contributed by atoms with Crippen LogP contribution in [0, 0.1) is 5.92 Å². The Balaban J connectivity index is 1.74. The van der Waals surface area contributed by atoms with Crippen LogP contribution in [0.2, 0.25) is 0 Å². The van der Waals surface area contributed by atoms with Crippen LogP contribution in [0.4, 0.5) is 0 Å². The number of methoxy groups -OCH3 is 1. The Morgan fingerprint density at radius 3 is 2.90 bits per heavy atom. The molecule has 2 aliphatic rings. The molecule has 4 heteroatoms. The van der Waals surface area contributed by atoms with E-state index in [9.17, 15) is 0 Å². The minimum Gasteiger partial charge on any atom is -0.496 e. The zero-order chi connectivity index (χ0) is 14.5. The van der Waals surface area contributed by atoms with Crippen LogP contribution in [0.15, 0.2) is 24.3 Å². The minimum atomic E-state index is 0.415. The van der Waals surface area contributed by atoms with Gasteiger partial charge in [0.05, 0.1) is 13.2 Å². The van der Waals surface area contributed by atoms with Crippen molar-refractivity contribution in [3.8, 4) is 5.75 Å². The number of nitrogens with one attached hydrogen (secondary N) is 1. The van der Waals surface area contributed by atoms with E-state index in [2.05, 4.69) is 28.4 Å². The fourth-order valence-electron chi connectivity index (χ4n) is 3.47. The van der Waals surface area contributed by atoms with Crippen LogP contribution in [0.25, 0.3) is 0 Å². The second kappa shape index (κ2) is 7.25. The Morgan fingerprint density at radius 2 is 2.10 bits per heavy atom. The standard InChI is InChI=1S/C17H26N2O2/c1-20-17-5-3-2-4-15(17)16-12-18-8-9-19(16)13-14-6-10-21-11-7-14/h2-5,14,16,18H,6-13H2,1H3. The monoisotopic (exact) mass is 290 g/mol. The van der Waals surface area contributed by atoms with Crippen molar-refractivity contribution < 1.29 is 9.47 Å². The van der Waals surface area contributed by atoms with E-state index in [1.807, 2.05) is 6.07 Å². The van der Waals surface area contributed by atoms with E-state index in [4.69, 9.17) is 9.47 Å². The van der Waals surface area contributed by atoms with Gasteiger partial charge in [-0.2, -0.15) is 0 Å². The van der Waals surface area contributed by atoms with Gasteiger partial charge in [-0.1, -0.05) is 18.2 Å². The van der Waals surface area contributed by atoms with Crippen LogP contribution in [0.1, 0.15) is 24.4 Å². The fourth-order valence-corrected chi connectivity index (χ4v) is 3.47. The zero-order valence-electron chi connectivity index (χ0n) is 12.9. The minimum absolute atomic E-state index is 0.415. The maximum absolute atomic E-state index is 5.56. The SMILES string of the molecule is COc1ccccc1C1CNCCN1CC1CCOCC1. The highest BCUT2D eigenvalue weighted by molar-refractivity contribution is 5.36. The zero-order valence-corrected chi connectivity index (χ0v) is 12.9. The molecule has 1 N–H and O–H groups in total. The third-order valence-corrected chi connectivity index (χ3v) is 4.69. The normalized spacial score (nSPS) is 24.9. The summed E-state index contributed by atoms with van der Waals surface area (Å²) in [4.78, 5) is 2.63. The van der Waals surface area contributed by atoms with Gasteiger partial charge in [0.25, 0.3) is 0 Å². The van der Waals surface area contributed by atoms with Crippen molar-refractivity contribution in [2.75, 3.05) is 46.5 Å². The number of hydrogen-bond donors (Lipinski definition) is 1. The summed E-state index contributed by atoms with van der Waals surface area (Å²) in [7, 11) is 1.76. The van der Waals surface area contributed by atoms with Gasteiger partial charge in [-0.3, -0.25) is 4.90 Å². The molecule has 2 fully saturated rings. The topological polar surface area (TPSA) is 33.7 Å². The summed E-state index contributed by atoms with van der Waals surface area (Å²) < 4.78 is 11.0. The number of benzene rings is 1. The van der Waals surface area contributed by atoms with Crippen molar-refractivity contribution in [2.45, 2.75) is 18.9 Å². The van der Waals surface area contributed by atoms with E-state index in [1.165, 1.54) is 24.9 Å². The lowest BCUT2D eigenvalue weighted by Crippen LogP contribution is -2.48. The maximum atomic E-state index is 5.56. The Bertz CT molecular complexity index is 446. The molecule has 1 aromatic rings. The summed E-state index contributed by atoms with van der Waals surface area (Å²) in [5.74, 6) is 1.78. The Kier molecular flexibility index (Phi) is 5.12. The third kappa shape index (κ3) is 3.57. The molecule has 116 valence electrons. The second-order valence-electron chi connectivity index (χ2n) is 6.01. The molecular formula is C17H26N2O2. The van der Waals surface area contributed by atoms with Crippen LogP contribution >= 0.6 is 0 Å². The Hall–Kier alpha value is -1.10. The van der Waals surface area contributed by atoms with E-state index in [1.54, 1.807) is 7.11 Å². The van der Waals surface area contributed by atoms with Crippen LogP contribution in [0.3, 0.4) is 0 Å². The highest BCUT2D eigenvalue weighted by Gasteiger charge is 2.28. The molecule has 0 aromatic heterocycles. The first-order valence-corrected chi connectivity index (χ1v) is 8.04. The summed E-state index contributed by atoms with van der Waals surface area (Å²) in [6.45, 7) is 6.22. The largest absolute Gasteiger partial charge is 0.496 e. The van der Waals surface area contributed by atoms with E-state index in [-0.39, 0.29) is 0 Å². The molecule has 1 unspecified atom stereocenters. The van der Waals surface area contributed by atoms with Crippen molar-refractivity contribution in [3.63, 3.8) is 0 Å². The molecule has 0 spiro atoms. The van der Waals surface area contributed by atoms with Gasteiger partial charge in [-0.25, -0.2) is 0 Å². The molecule has 2 heterocycles. The van der Waals surface area contributed by atoms with E-state index in [0.29, 0.717) is 6.04 Å². The predicted molar refractivity (Wildman–Crippen MR) is 83.7 cm³/mol. The van der Waals surface area contributed by atoms with Gasteiger partial charge in [0.15, 0.2) is 0 Å². The summed E-state index contributed by atoms with van der Waals surface area (Å²) in [5.41, 5.74) is 1.30. The van der Waals surface area contributed by atoms with Gasteiger partial charge >= 0.3 is 0 Å². The lowest BCUT2D eigenvalue weighted by atomic mass is 9.96. The lowest BCUT2D eigenvalue weighted by Gasteiger charge is -2.39. The number of nitrogens with zero attached hydrogens (tertiary/aromatic N) is 1. The molecule has 0 aliphatic carbocycles. The van der Waals surface area contributed by atoms with E-state index >= 15 is 0 Å². The number of rotatable bonds is 4. The van der Waals surface area contributed by atoms with E-state index < -0.39 is 0 Å². The third-order valence-electron chi connectivity index (χ3n) is 4.69. The van der Waals surface area contributed by atoms with Gasteiger partial charge in [-0.05, 0) is 24.8 Å². The molecule has 0 bridgehead atoms. The number of para-hydroxylation sites is 1. The van der Waals surface area contributed by atoms with E-state index in [0.717, 1.165) is 44.5 Å². The average Bonchev–Trinajstić information content (AvgIpc) is 2.56. The molecule has 0 radical (unpaired) electrons. The second-order valence-corrected chi connectivity index (χ2v) is 6.01. The van der Waals surface area contributed by atoms with Crippen LogP contribution in [0.5, 0.6) is 5.75 Å². The number of piperazine rings is 1. The summed E-state index contributed by atoms with van der Waals surface area (Å²) in [6.07, 6.45) is 2.39. The van der Waals surface area contributed by atoms with Crippen molar-refractivity contribution >= 4 is 0 Å². The number of hydrogen-bond acceptors (Lipinski definition) is 4. The van der Waals surface area contributed by atoms with Gasteiger partial charge in [0.2, 0.25) is 0 Å². The predicted octanol–water partition coefficient (Wildman–Crippen LogP) is 2.07. The number of ether oxygens (including phenoxy) is 2. The lowest BCUT2D eigenvalue weighted by molar-refractivity contribution is 0.0405. The van der Waals surface area contributed by atoms with Crippen LogP contribution in [-0.4, -0.2) is 51.4 Å². The van der Waals surface area contributed by atoms with Crippen molar-refractivity contribution in [3.05, 3.63) is 29.8 Å². The Labute approximate surface area is 127 Å². The molecule has 1 aromatic carbocycles. The first kappa shape index (κ1) is 14.8. The average molecular weight is 290 g/mol. The quantitative estimate of drug-likeness (QED) is 0.920. The maximum Gasteiger partial charge on any atom is 0.123 e. The van der Waals surface area contributed by atoms with Crippen molar-refractivity contribution in [1.29, 1.82) is 0 Å². The van der Waals surface area contributed by atoms with Crippen molar-refractivity contribution in [1.82, 2.24) is 10.2 Å². The molecule has 0 amide bonds. The van der Waals surface area contributed by atoms with Gasteiger partial charge in [0.1, 0.15) is 5.75 Å². The van der Waals surface area contributed by atoms with Crippen LogP contribution < -0.4 is 10.1 Å². The first-order valence-electron chi connectivity index (χ1n) is 8.04. The smallest absolute Gasteiger partial charge is 0.123 e. The van der Waals surface area contributed by atoms with Gasteiger partial charge in [-0.15, -0.1) is 0 Å². The highest BCUT2D eigenvalue weighted by atomic mass is 16.5. The molecule has 21 heavy (non-hydrogen) atoms. The molecule has 2 aliphatic heterocycles.